The summed E-state index contributed by atoms with van der Waals surface area (Å²) in [7, 11) is -1.71. The summed E-state index contributed by atoms with van der Waals surface area (Å²) in [5, 5.41) is 8.86. The van der Waals surface area contributed by atoms with Crippen LogP contribution in [0.3, 0.4) is 0 Å². The Hall–Kier alpha value is -2.17. The van der Waals surface area contributed by atoms with E-state index >= 15 is 0 Å². The maximum absolute atomic E-state index is 12.2. The van der Waals surface area contributed by atoms with Gasteiger partial charge in [-0.25, -0.2) is 18.1 Å². The third-order valence-corrected chi connectivity index (χ3v) is 4.65. The summed E-state index contributed by atoms with van der Waals surface area (Å²) >= 11 is 0. The number of nitrogens with one attached hydrogen (secondary N) is 1. The van der Waals surface area contributed by atoms with Gasteiger partial charge in [0.15, 0.2) is 0 Å². The first kappa shape index (κ1) is 15.2. The third-order valence-electron chi connectivity index (χ3n) is 3.19. The van der Waals surface area contributed by atoms with E-state index in [1.54, 1.807) is 13.1 Å². The molecule has 0 aliphatic carbocycles. The highest BCUT2D eigenvalue weighted by molar-refractivity contribution is 7.89. The fraction of sp³-hybridized carbons (Fsp3) is 0.286. The van der Waals surface area contributed by atoms with Crippen LogP contribution in [0.15, 0.2) is 35.5 Å². The smallest absolute Gasteiger partial charge is 0.240 e. The van der Waals surface area contributed by atoms with Crippen LogP contribution in [-0.2, 0) is 23.5 Å². The van der Waals surface area contributed by atoms with E-state index < -0.39 is 10.0 Å². The average Bonchev–Trinajstić information content (AvgIpc) is 2.84. The van der Waals surface area contributed by atoms with Gasteiger partial charge >= 0.3 is 0 Å². The van der Waals surface area contributed by atoms with Crippen molar-refractivity contribution in [3.63, 3.8) is 0 Å². The lowest BCUT2D eigenvalue weighted by Gasteiger charge is -2.08. The van der Waals surface area contributed by atoms with E-state index in [9.17, 15) is 8.42 Å². The SMILES string of the molecule is Cc1cc(S(=O)(=O)NCCc2nccn2C)ccc1C#N. The van der Waals surface area contributed by atoms with Crippen molar-refractivity contribution in [3.8, 4) is 6.07 Å². The fourth-order valence-corrected chi connectivity index (χ4v) is 3.06. The monoisotopic (exact) mass is 304 g/mol. The lowest BCUT2D eigenvalue weighted by Crippen LogP contribution is -2.26. The van der Waals surface area contributed by atoms with E-state index in [2.05, 4.69) is 9.71 Å². The van der Waals surface area contributed by atoms with Crippen LogP contribution < -0.4 is 4.72 Å². The van der Waals surface area contributed by atoms with Gasteiger partial charge in [-0.3, -0.25) is 0 Å². The van der Waals surface area contributed by atoms with Crippen LogP contribution in [0.5, 0.6) is 0 Å². The van der Waals surface area contributed by atoms with E-state index in [4.69, 9.17) is 5.26 Å². The van der Waals surface area contributed by atoms with Gasteiger partial charge in [0.05, 0.1) is 16.5 Å². The van der Waals surface area contributed by atoms with Crippen molar-refractivity contribution in [2.45, 2.75) is 18.2 Å². The maximum atomic E-state index is 12.2. The van der Waals surface area contributed by atoms with Crippen molar-refractivity contribution in [1.82, 2.24) is 14.3 Å². The lowest BCUT2D eigenvalue weighted by molar-refractivity contribution is 0.580. The highest BCUT2D eigenvalue weighted by Gasteiger charge is 2.15. The number of nitriles is 1. The molecule has 0 atom stereocenters. The van der Waals surface area contributed by atoms with Crippen molar-refractivity contribution >= 4 is 10.0 Å². The van der Waals surface area contributed by atoms with Crippen LogP contribution in [-0.4, -0.2) is 24.5 Å². The Bertz CT molecular complexity index is 788. The summed E-state index contributed by atoms with van der Waals surface area (Å²) in [5.41, 5.74) is 1.12. The molecule has 0 saturated carbocycles. The predicted octanol–water partition coefficient (Wildman–Crippen LogP) is 1.12. The molecule has 21 heavy (non-hydrogen) atoms. The normalized spacial score (nSPS) is 11.3. The molecule has 2 rings (SSSR count). The topological polar surface area (TPSA) is 87.8 Å². The summed E-state index contributed by atoms with van der Waals surface area (Å²) in [6.07, 6.45) is 4.00. The molecule has 6 nitrogen and oxygen atoms in total. The lowest BCUT2D eigenvalue weighted by atomic mass is 10.1. The first-order valence-electron chi connectivity index (χ1n) is 6.40. The molecular formula is C14H16N4O2S. The molecule has 1 aromatic heterocycles. The van der Waals surface area contributed by atoms with Crippen molar-refractivity contribution in [3.05, 3.63) is 47.5 Å². The van der Waals surface area contributed by atoms with Gasteiger partial charge in [-0.2, -0.15) is 5.26 Å². The molecule has 1 N–H and O–H groups in total. The minimum atomic E-state index is -3.57. The molecule has 0 saturated heterocycles. The molecule has 0 aliphatic rings. The molecule has 110 valence electrons. The van der Waals surface area contributed by atoms with Crippen LogP contribution in [0.4, 0.5) is 0 Å². The number of hydrogen-bond donors (Lipinski definition) is 1. The van der Waals surface area contributed by atoms with Gasteiger partial charge in [0.25, 0.3) is 0 Å². The molecule has 2 aromatic rings. The number of aryl methyl sites for hydroxylation is 2. The number of rotatable bonds is 5. The number of sulfonamides is 1. The Labute approximate surface area is 124 Å². The molecule has 0 radical (unpaired) electrons. The Morgan fingerprint density at radius 3 is 2.76 bits per heavy atom. The highest BCUT2D eigenvalue weighted by Crippen LogP contribution is 2.14. The van der Waals surface area contributed by atoms with Crippen LogP contribution in [0.25, 0.3) is 0 Å². The first-order valence-corrected chi connectivity index (χ1v) is 7.89. The number of aromatic nitrogens is 2. The summed E-state index contributed by atoms with van der Waals surface area (Å²) in [6, 6.07) is 6.47. The molecule has 0 spiro atoms. The third kappa shape index (κ3) is 3.48. The number of benzene rings is 1. The highest BCUT2D eigenvalue weighted by atomic mass is 32.2. The van der Waals surface area contributed by atoms with E-state index in [1.165, 1.54) is 18.2 Å². The van der Waals surface area contributed by atoms with Crippen LogP contribution in [0.1, 0.15) is 17.0 Å². The molecular weight excluding hydrogens is 288 g/mol. The van der Waals surface area contributed by atoms with Crippen molar-refractivity contribution in [2.75, 3.05) is 6.54 Å². The molecule has 0 amide bonds. The fourth-order valence-electron chi connectivity index (χ4n) is 1.95. The largest absolute Gasteiger partial charge is 0.338 e. The second-order valence-corrected chi connectivity index (χ2v) is 6.46. The van der Waals surface area contributed by atoms with Gasteiger partial charge < -0.3 is 4.57 Å². The number of hydrogen-bond acceptors (Lipinski definition) is 4. The second kappa shape index (κ2) is 6.08. The van der Waals surface area contributed by atoms with Gasteiger partial charge in [0, 0.05) is 32.4 Å². The zero-order chi connectivity index (χ0) is 15.5. The predicted molar refractivity (Wildman–Crippen MR) is 78.0 cm³/mol. The molecule has 0 aliphatic heterocycles. The number of imidazole rings is 1. The molecule has 0 fully saturated rings. The summed E-state index contributed by atoms with van der Waals surface area (Å²) < 4.78 is 28.7. The average molecular weight is 304 g/mol. The Morgan fingerprint density at radius 1 is 1.43 bits per heavy atom. The zero-order valence-corrected chi connectivity index (χ0v) is 12.7. The van der Waals surface area contributed by atoms with Gasteiger partial charge in [0.1, 0.15) is 5.82 Å². The minimum Gasteiger partial charge on any atom is -0.338 e. The minimum absolute atomic E-state index is 0.166. The van der Waals surface area contributed by atoms with Crippen LogP contribution in [0, 0.1) is 18.3 Å². The molecule has 0 bridgehead atoms. The molecule has 1 heterocycles. The Kier molecular flexibility index (Phi) is 4.40. The van der Waals surface area contributed by atoms with E-state index in [0.717, 1.165) is 5.82 Å². The van der Waals surface area contributed by atoms with Crippen LogP contribution in [0.2, 0.25) is 0 Å². The Morgan fingerprint density at radius 2 is 2.19 bits per heavy atom. The van der Waals surface area contributed by atoms with E-state index in [0.29, 0.717) is 17.5 Å². The quantitative estimate of drug-likeness (QED) is 0.896. The summed E-state index contributed by atoms with van der Waals surface area (Å²) in [4.78, 5) is 4.30. The molecule has 7 heteroatoms. The summed E-state index contributed by atoms with van der Waals surface area (Å²) in [6.45, 7) is 1.98. The summed E-state index contributed by atoms with van der Waals surface area (Å²) in [5.74, 6) is 0.814. The molecule has 0 unspecified atom stereocenters. The van der Waals surface area contributed by atoms with Gasteiger partial charge in [-0.1, -0.05) is 0 Å². The van der Waals surface area contributed by atoms with E-state index in [-0.39, 0.29) is 11.4 Å². The van der Waals surface area contributed by atoms with Crippen LogP contribution >= 0.6 is 0 Å². The van der Waals surface area contributed by atoms with Gasteiger partial charge in [0.2, 0.25) is 10.0 Å². The maximum Gasteiger partial charge on any atom is 0.240 e. The zero-order valence-electron chi connectivity index (χ0n) is 11.9. The number of nitrogens with zero attached hydrogens (tertiary/aromatic N) is 3. The Balaban J connectivity index is 2.07. The van der Waals surface area contributed by atoms with Crippen molar-refractivity contribution < 1.29 is 8.42 Å². The standard InChI is InChI=1S/C14H16N4O2S/c1-11-9-13(4-3-12(11)10-15)21(19,20)17-6-5-14-16-7-8-18(14)2/h3-4,7-9,17H,5-6H2,1-2H3. The van der Waals surface area contributed by atoms with Gasteiger partial charge in [-0.15, -0.1) is 0 Å². The van der Waals surface area contributed by atoms with Crippen molar-refractivity contribution in [1.29, 1.82) is 5.26 Å². The van der Waals surface area contributed by atoms with Crippen molar-refractivity contribution in [2.24, 2.45) is 7.05 Å². The second-order valence-electron chi connectivity index (χ2n) is 4.69. The van der Waals surface area contributed by atoms with E-state index in [1.807, 2.05) is 23.9 Å². The molecule has 1 aromatic carbocycles. The first-order chi connectivity index (χ1) is 9.94. The van der Waals surface area contributed by atoms with Gasteiger partial charge in [-0.05, 0) is 30.7 Å².